The van der Waals surface area contributed by atoms with Crippen molar-refractivity contribution in [2.24, 2.45) is 7.05 Å². The summed E-state index contributed by atoms with van der Waals surface area (Å²) < 4.78 is 2.12. The number of nitrogens with zero attached hydrogens (tertiary/aromatic N) is 1. The number of nitrogens with two attached hydrogens (primary N) is 1. The lowest BCUT2D eigenvalue weighted by molar-refractivity contribution is -0.650. The number of halogens is 1. The first-order valence-corrected chi connectivity index (χ1v) is 4.34. The van der Waals surface area contributed by atoms with E-state index in [4.69, 9.17) is 5.73 Å². The maximum atomic E-state index is 5.91. The van der Waals surface area contributed by atoms with E-state index < -0.39 is 0 Å². The highest BCUT2D eigenvalue weighted by molar-refractivity contribution is 5.86. The summed E-state index contributed by atoms with van der Waals surface area (Å²) in [7, 11) is 2.04. The zero-order chi connectivity index (χ0) is 9.42. The number of para-hydroxylation sites is 1. The summed E-state index contributed by atoms with van der Waals surface area (Å²) in [5.74, 6) is 0. The molecule has 0 aliphatic rings. The molecule has 0 saturated heterocycles. The lowest BCUT2D eigenvalue weighted by atomic mass is 10.1. The van der Waals surface area contributed by atoms with Crippen LogP contribution < -0.4 is 34.3 Å². The van der Waals surface area contributed by atoms with Crippen LogP contribution in [-0.2, 0) is 7.05 Å². The molecule has 0 spiro atoms. The molecule has 1 heterocycles. The van der Waals surface area contributed by atoms with Gasteiger partial charge >= 0.3 is 0 Å². The fourth-order valence-electron chi connectivity index (χ4n) is 1.60. The van der Waals surface area contributed by atoms with Crippen LogP contribution in [0.15, 0.2) is 30.3 Å². The van der Waals surface area contributed by atoms with Crippen LogP contribution in [0.2, 0.25) is 0 Å². The molecule has 0 aliphatic heterocycles. The number of benzene rings is 1. The third-order valence-electron chi connectivity index (χ3n) is 2.47. The number of anilines is 1. The zero-order valence-corrected chi connectivity index (χ0v) is 10.4. The van der Waals surface area contributed by atoms with Crippen LogP contribution in [0.25, 0.3) is 10.9 Å². The smallest absolute Gasteiger partial charge is 0.235 e. The Bertz CT molecular complexity index is 466. The van der Waals surface area contributed by atoms with Gasteiger partial charge in [-0.15, -0.1) is 0 Å². The average molecular weight is 300 g/mol. The van der Waals surface area contributed by atoms with Gasteiger partial charge in [0.25, 0.3) is 0 Å². The van der Waals surface area contributed by atoms with Crippen LogP contribution in [0.5, 0.6) is 0 Å². The van der Waals surface area contributed by atoms with E-state index in [1.165, 1.54) is 11.1 Å². The maximum absolute atomic E-state index is 5.91. The van der Waals surface area contributed by atoms with Gasteiger partial charge in [-0.05, 0) is 18.2 Å². The summed E-state index contributed by atoms with van der Waals surface area (Å²) in [6, 6.07) is 10.2. The molecule has 14 heavy (non-hydrogen) atoms. The molecule has 1 aromatic carbocycles. The Morgan fingerprint density at radius 1 is 1.14 bits per heavy atom. The van der Waals surface area contributed by atoms with Gasteiger partial charge in [-0.2, -0.15) is 4.57 Å². The molecule has 2 nitrogen and oxygen atoms in total. The minimum atomic E-state index is 0. The number of nitrogen functional groups attached to an aromatic ring is 1. The van der Waals surface area contributed by atoms with E-state index in [1.807, 2.05) is 19.2 Å². The van der Waals surface area contributed by atoms with Crippen LogP contribution in [-0.4, -0.2) is 0 Å². The number of rotatable bonds is 0. The van der Waals surface area contributed by atoms with Gasteiger partial charge in [0.15, 0.2) is 5.69 Å². The lowest BCUT2D eigenvalue weighted by Crippen LogP contribution is -3.00. The number of pyridine rings is 1. The van der Waals surface area contributed by atoms with Crippen LogP contribution in [0.3, 0.4) is 0 Å². The lowest BCUT2D eigenvalue weighted by Gasteiger charge is -2.01. The second-order valence-corrected chi connectivity index (χ2v) is 3.32. The van der Waals surface area contributed by atoms with Gasteiger partial charge in [0.2, 0.25) is 5.52 Å². The normalized spacial score (nSPS) is 9.86. The molecule has 3 heteroatoms. The largest absolute Gasteiger partial charge is 1.00 e. The molecule has 0 saturated carbocycles. The van der Waals surface area contributed by atoms with Crippen molar-refractivity contribution in [1.29, 1.82) is 0 Å². The van der Waals surface area contributed by atoms with E-state index in [0.29, 0.717) is 0 Å². The maximum Gasteiger partial charge on any atom is 0.235 e. The van der Waals surface area contributed by atoms with Gasteiger partial charge < -0.3 is 29.7 Å². The monoisotopic (exact) mass is 300 g/mol. The third kappa shape index (κ3) is 1.68. The Morgan fingerprint density at radius 2 is 1.86 bits per heavy atom. The second kappa shape index (κ2) is 4.13. The molecule has 0 atom stereocenters. The third-order valence-corrected chi connectivity index (χ3v) is 2.47. The summed E-state index contributed by atoms with van der Waals surface area (Å²) in [6.45, 7) is 2.08. The highest BCUT2D eigenvalue weighted by atomic mass is 127. The van der Waals surface area contributed by atoms with Gasteiger partial charge in [0.1, 0.15) is 12.7 Å². The SMILES string of the molecule is Cc1ccc2cccc(N)c2[n+]1C.[I-]. The molecule has 0 amide bonds. The van der Waals surface area contributed by atoms with Crippen molar-refractivity contribution >= 4 is 16.6 Å². The Morgan fingerprint density at radius 3 is 2.57 bits per heavy atom. The first-order valence-electron chi connectivity index (χ1n) is 4.34. The molecule has 2 rings (SSSR count). The fraction of sp³-hybridized carbons (Fsp3) is 0.182. The van der Waals surface area contributed by atoms with Crippen molar-refractivity contribution in [1.82, 2.24) is 0 Å². The van der Waals surface area contributed by atoms with E-state index in [-0.39, 0.29) is 24.0 Å². The van der Waals surface area contributed by atoms with E-state index >= 15 is 0 Å². The standard InChI is InChI=1S/C11H13N2.HI/c1-8-6-7-9-4-3-5-10(12)11(9)13(8)2;/h3-7H,12H2,1-2H3;1H/q+1;/p-1. The topological polar surface area (TPSA) is 29.9 Å². The fourth-order valence-corrected chi connectivity index (χ4v) is 1.60. The minimum absolute atomic E-state index is 0. The summed E-state index contributed by atoms with van der Waals surface area (Å²) in [6.07, 6.45) is 0. The molecule has 2 aromatic rings. The van der Waals surface area contributed by atoms with Crippen LogP contribution in [0.4, 0.5) is 5.69 Å². The molecule has 0 aliphatic carbocycles. The molecule has 0 radical (unpaired) electrons. The second-order valence-electron chi connectivity index (χ2n) is 3.32. The van der Waals surface area contributed by atoms with Crippen LogP contribution in [0, 0.1) is 6.92 Å². The first-order chi connectivity index (χ1) is 6.20. The zero-order valence-electron chi connectivity index (χ0n) is 8.29. The summed E-state index contributed by atoms with van der Waals surface area (Å²) in [5, 5.41) is 1.19. The predicted molar refractivity (Wildman–Crippen MR) is 54.3 cm³/mol. The highest BCUT2D eigenvalue weighted by Crippen LogP contribution is 2.16. The van der Waals surface area contributed by atoms with Gasteiger partial charge in [-0.3, -0.25) is 0 Å². The molecule has 74 valence electrons. The van der Waals surface area contributed by atoms with Crippen molar-refractivity contribution in [3.05, 3.63) is 36.0 Å². The minimum Gasteiger partial charge on any atom is -1.00 e. The van der Waals surface area contributed by atoms with Gasteiger partial charge in [0.05, 0.1) is 0 Å². The van der Waals surface area contributed by atoms with Crippen LogP contribution in [0.1, 0.15) is 5.69 Å². The summed E-state index contributed by atoms with van der Waals surface area (Å²) >= 11 is 0. The molecule has 0 fully saturated rings. The Labute approximate surface area is 101 Å². The summed E-state index contributed by atoms with van der Waals surface area (Å²) in [4.78, 5) is 0. The quantitative estimate of drug-likeness (QED) is 0.360. The van der Waals surface area contributed by atoms with Crippen molar-refractivity contribution in [3.8, 4) is 0 Å². The Kier molecular flexibility index (Phi) is 3.31. The van der Waals surface area contributed by atoms with E-state index in [0.717, 1.165) is 11.2 Å². The van der Waals surface area contributed by atoms with E-state index in [2.05, 4.69) is 29.7 Å². The van der Waals surface area contributed by atoms with Crippen molar-refractivity contribution in [2.75, 3.05) is 5.73 Å². The Hall–Kier alpha value is -0.840. The van der Waals surface area contributed by atoms with E-state index in [9.17, 15) is 0 Å². The van der Waals surface area contributed by atoms with Gasteiger partial charge in [-0.25, -0.2) is 0 Å². The van der Waals surface area contributed by atoms with Crippen molar-refractivity contribution < 1.29 is 28.5 Å². The molecule has 1 aromatic heterocycles. The van der Waals surface area contributed by atoms with Crippen molar-refractivity contribution in [3.63, 3.8) is 0 Å². The van der Waals surface area contributed by atoms with E-state index in [1.54, 1.807) is 0 Å². The summed E-state index contributed by atoms with van der Waals surface area (Å²) in [5.41, 5.74) is 9.07. The number of fused-ring (bicyclic) bond motifs is 1. The van der Waals surface area contributed by atoms with Gasteiger partial charge in [0, 0.05) is 18.4 Å². The molecule has 2 N–H and O–H groups in total. The molecule has 0 bridgehead atoms. The Balaban J connectivity index is 0.000000980. The molecule has 0 unspecified atom stereocenters. The number of aryl methyl sites for hydroxylation is 2. The first kappa shape index (κ1) is 11.2. The van der Waals surface area contributed by atoms with Gasteiger partial charge in [-0.1, -0.05) is 6.07 Å². The number of aromatic nitrogens is 1. The number of hydrogen-bond donors (Lipinski definition) is 1. The molecular weight excluding hydrogens is 287 g/mol. The predicted octanol–water partition coefficient (Wildman–Crippen LogP) is -1.44. The van der Waals surface area contributed by atoms with Crippen LogP contribution >= 0.6 is 0 Å². The molecular formula is C11H13IN2. The highest BCUT2D eigenvalue weighted by Gasteiger charge is 2.09. The van der Waals surface area contributed by atoms with Crippen molar-refractivity contribution in [2.45, 2.75) is 6.92 Å². The number of hydrogen-bond acceptors (Lipinski definition) is 1. The average Bonchev–Trinajstić information content (AvgIpc) is 2.12.